The number of hydrogen-bond acceptors (Lipinski definition) is 3. The molecule has 1 aliphatic rings. The average molecular weight is 224 g/mol. The van der Waals surface area contributed by atoms with Gasteiger partial charge in [-0.1, -0.05) is 12.1 Å². The predicted molar refractivity (Wildman–Crippen MR) is 60.4 cm³/mol. The van der Waals surface area contributed by atoms with Crippen LogP contribution >= 0.6 is 0 Å². The number of hydrogen-bond donors (Lipinski definition) is 1. The number of morpholine rings is 1. The van der Waals surface area contributed by atoms with E-state index in [0.717, 1.165) is 37.4 Å². The number of benzene rings is 1. The summed E-state index contributed by atoms with van der Waals surface area (Å²) in [4.78, 5) is 2.20. The summed E-state index contributed by atoms with van der Waals surface area (Å²) in [6.45, 7) is 4.30. The lowest BCUT2D eigenvalue weighted by atomic mass is 10.1. The fraction of sp³-hybridized carbons (Fsp3) is 0.500. The molecule has 1 fully saturated rings. The van der Waals surface area contributed by atoms with Crippen molar-refractivity contribution in [3.05, 3.63) is 35.1 Å². The van der Waals surface area contributed by atoms with E-state index in [1.165, 1.54) is 6.07 Å². The van der Waals surface area contributed by atoms with E-state index in [2.05, 4.69) is 4.90 Å². The summed E-state index contributed by atoms with van der Waals surface area (Å²) in [6, 6.07) is 5.08. The van der Waals surface area contributed by atoms with Gasteiger partial charge in [-0.05, 0) is 11.6 Å². The minimum atomic E-state index is -0.149. The zero-order chi connectivity index (χ0) is 11.4. The topological polar surface area (TPSA) is 38.5 Å². The normalized spacial score (nSPS) is 17.6. The molecule has 2 N–H and O–H groups in total. The maximum absolute atomic E-state index is 13.6. The second kappa shape index (κ2) is 5.39. The third-order valence-electron chi connectivity index (χ3n) is 2.84. The fourth-order valence-electron chi connectivity index (χ4n) is 1.88. The van der Waals surface area contributed by atoms with Crippen LogP contribution in [0, 0.1) is 5.82 Å². The molecule has 88 valence electrons. The Morgan fingerprint density at radius 2 is 2.06 bits per heavy atom. The first-order chi connectivity index (χ1) is 7.79. The highest BCUT2D eigenvalue weighted by atomic mass is 19.1. The van der Waals surface area contributed by atoms with Crippen LogP contribution in [0.25, 0.3) is 0 Å². The molecule has 1 heterocycles. The fourth-order valence-corrected chi connectivity index (χ4v) is 1.88. The van der Waals surface area contributed by atoms with Gasteiger partial charge >= 0.3 is 0 Å². The molecule has 0 spiro atoms. The van der Waals surface area contributed by atoms with Crippen LogP contribution in [0.1, 0.15) is 11.1 Å². The van der Waals surface area contributed by atoms with Gasteiger partial charge in [0, 0.05) is 31.7 Å². The molecule has 0 radical (unpaired) electrons. The molecular formula is C12H17FN2O. The van der Waals surface area contributed by atoms with Gasteiger partial charge in [0.05, 0.1) is 13.2 Å². The summed E-state index contributed by atoms with van der Waals surface area (Å²) in [5.41, 5.74) is 7.25. The summed E-state index contributed by atoms with van der Waals surface area (Å²) in [6.07, 6.45) is 0. The number of nitrogens with two attached hydrogens (primary N) is 1. The molecule has 0 aliphatic carbocycles. The quantitative estimate of drug-likeness (QED) is 0.836. The van der Waals surface area contributed by atoms with Crippen molar-refractivity contribution in [3.63, 3.8) is 0 Å². The van der Waals surface area contributed by atoms with E-state index in [0.29, 0.717) is 13.1 Å². The molecule has 0 saturated carbocycles. The van der Waals surface area contributed by atoms with E-state index in [4.69, 9.17) is 10.5 Å². The van der Waals surface area contributed by atoms with E-state index < -0.39 is 0 Å². The first-order valence-electron chi connectivity index (χ1n) is 5.57. The van der Waals surface area contributed by atoms with Crippen LogP contribution < -0.4 is 5.73 Å². The Hall–Kier alpha value is -0.970. The Labute approximate surface area is 95.0 Å². The molecule has 0 aromatic heterocycles. The smallest absolute Gasteiger partial charge is 0.127 e. The van der Waals surface area contributed by atoms with Crippen LogP contribution in [0.2, 0.25) is 0 Å². The van der Waals surface area contributed by atoms with Crippen molar-refractivity contribution in [2.75, 3.05) is 26.3 Å². The number of halogens is 1. The minimum absolute atomic E-state index is 0.149. The van der Waals surface area contributed by atoms with Gasteiger partial charge in [0.1, 0.15) is 5.82 Å². The molecular weight excluding hydrogens is 207 g/mol. The Morgan fingerprint density at radius 1 is 1.31 bits per heavy atom. The van der Waals surface area contributed by atoms with Crippen LogP contribution in [-0.4, -0.2) is 31.2 Å². The lowest BCUT2D eigenvalue weighted by molar-refractivity contribution is 0.0337. The van der Waals surface area contributed by atoms with Crippen LogP contribution in [0.4, 0.5) is 4.39 Å². The van der Waals surface area contributed by atoms with E-state index in [1.807, 2.05) is 6.07 Å². The van der Waals surface area contributed by atoms with Gasteiger partial charge in [-0.2, -0.15) is 0 Å². The lowest BCUT2D eigenvalue weighted by Crippen LogP contribution is -2.35. The van der Waals surface area contributed by atoms with Gasteiger partial charge in [0.2, 0.25) is 0 Å². The molecule has 1 aliphatic heterocycles. The van der Waals surface area contributed by atoms with Crippen molar-refractivity contribution in [2.45, 2.75) is 13.1 Å². The molecule has 1 aromatic carbocycles. The van der Waals surface area contributed by atoms with Crippen LogP contribution in [0.3, 0.4) is 0 Å². The third-order valence-corrected chi connectivity index (χ3v) is 2.84. The zero-order valence-corrected chi connectivity index (χ0v) is 9.29. The summed E-state index contributed by atoms with van der Waals surface area (Å²) >= 11 is 0. The van der Waals surface area contributed by atoms with Gasteiger partial charge in [0.25, 0.3) is 0 Å². The van der Waals surface area contributed by atoms with E-state index in [9.17, 15) is 4.39 Å². The molecule has 0 unspecified atom stereocenters. The van der Waals surface area contributed by atoms with Gasteiger partial charge in [0.15, 0.2) is 0 Å². The van der Waals surface area contributed by atoms with Crippen molar-refractivity contribution in [2.24, 2.45) is 5.73 Å². The Bertz CT molecular complexity index is 351. The van der Waals surface area contributed by atoms with Crippen LogP contribution in [0.5, 0.6) is 0 Å². The predicted octanol–water partition coefficient (Wildman–Crippen LogP) is 1.12. The highest BCUT2D eigenvalue weighted by Crippen LogP contribution is 2.13. The van der Waals surface area contributed by atoms with Gasteiger partial charge in [-0.15, -0.1) is 0 Å². The number of ether oxygens (including phenoxy) is 1. The molecule has 16 heavy (non-hydrogen) atoms. The van der Waals surface area contributed by atoms with E-state index in [1.54, 1.807) is 6.07 Å². The molecule has 4 heteroatoms. The van der Waals surface area contributed by atoms with Crippen molar-refractivity contribution in [3.8, 4) is 0 Å². The second-order valence-corrected chi connectivity index (χ2v) is 4.02. The van der Waals surface area contributed by atoms with Gasteiger partial charge in [-0.3, -0.25) is 4.90 Å². The van der Waals surface area contributed by atoms with Crippen LogP contribution in [-0.2, 0) is 17.8 Å². The van der Waals surface area contributed by atoms with Crippen molar-refractivity contribution < 1.29 is 9.13 Å². The molecule has 1 saturated heterocycles. The van der Waals surface area contributed by atoms with Crippen molar-refractivity contribution in [1.82, 2.24) is 4.90 Å². The van der Waals surface area contributed by atoms with Gasteiger partial charge in [-0.25, -0.2) is 4.39 Å². The first-order valence-corrected chi connectivity index (χ1v) is 5.57. The molecule has 0 amide bonds. The maximum atomic E-state index is 13.6. The van der Waals surface area contributed by atoms with Gasteiger partial charge < -0.3 is 10.5 Å². The maximum Gasteiger partial charge on any atom is 0.127 e. The molecule has 2 rings (SSSR count). The Morgan fingerprint density at radius 3 is 2.75 bits per heavy atom. The summed E-state index contributed by atoms with van der Waals surface area (Å²) < 4.78 is 18.8. The third kappa shape index (κ3) is 2.78. The van der Waals surface area contributed by atoms with E-state index in [-0.39, 0.29) is 5.82 Å². The molecule has 3 nitrogen and oxygen atoms in total. The van der Waals surface area contributed by atoms with E-state index >= 15 is 0 Å². The summed E-state index contributed by atoms with van der Waals surface area (Å²) in [5.74, 6) is -0.149. The Kier molecular flexibility index (Phi) is 3.88. The number of rotatable bonds is 3. The van der Waals surface area contributed by atoms with Crippen LogP contribution in [0.15, 0.2) is 18.2 Å². The molecule has 0 atom stereocenters. The Balaban J connectivity index is 2.06. The van der Waals surface area contributed by atoms with Crippen molar-refractivity contribution in [1.29, 1.82) is 0 Å². The second-order valence-electron chi connectivity index (χ2n) is 4.02. The standard InChI is InChI=1S/C12H17FN2O/c13-12-2-1-10(8-14)7-11(12)9-15-3-5-16-6-4-15/h1-2,7H,3-6,8-9,14H2. The summed E-state index contributed by atoms with van der Waals surface area (Å²) in [5, 5.41) is 0. The minimum Gasteiger partial charge on any atom is -0.379 e. The zero-order valence-electron chi connectivity index (χ0n) is 9.29. The molecule has 1 aromatic rings. The average Bonchev–Trinajstić information content (AvgIpc) is 2.33. The first kappa shape index (κ1) is 11.5. The lowest BCUT2D eigenvalue weighted by Gasteiger charge is -2.26. The SMILES string of the molecule is NCc1ccc(F)c(CN2CCOCC2)c1. The monoisotopic (exact) mass is 224 g/mol. The molecule has 0 bridgehead atoms. The number of nitrogens with zero attached hydrogens (tertiary/aromatic N) is 1. The highest BCUT2D eigenvalue weighted by molar-refractivity contribution is 5.25. The highest BCUT2D eigenvalue weighted by Gasteiger charge is 2.13. The van der Waals surface area contributed by atoms with Crippen molar-refractivity contribution >= 4 is 0 Å². The largest absolute Gasteiger partial charge is 0.379 e. The summed E-state index contributed by atoms with van der Waals surface area (Å²) in [7, 11) is 0.